The zero-order valence-corrected chi connectivity index (χ0v) is 17.1. The number of benzene rings is 1. The number of nitrogens with two attached hydrogens (primary N) is 1. The Bertz CT molecular complexity index is 1040. The summed E-state index contributed by atoms with van der Waals surface area (Å²) in [5.74, 6) is 0.993. The van der Waals surface area contributed by atoms with Gasteiger partial charge in [0.2, 0.25) is 5.95 Å². The highest BCUT2D eigenvalue weighted by Crippen LogP contribution is 2.34. The van der Waals surface area contributed by atoms with Crippen molar-refractivity contribution in [2.75, 3.05) is 32.4 Å². The molecule has 2 N–H and O–H groups in total. The topological polar surface area (TPSA) is 76.1 Å². The van der Waals surface area contributed by atoms with E-state index >= 15 is 0 Å². The number of hydrogen-bond donors (Lipinski definition) is 1. The smallest absolute Gasteiger partial charge is 0.220 e. The van der Waals surface area contributed by atoms with Crippen LogP contribution in [0.5, 0.6) is 0 Å². The Kier molecular flexibility index (Phi) is 4.96. The number of hydrogen-bond acceptors (Lipinski definition) is 6. The summed E-state index contributed by atoms with van der Waals surface area (Å²) < 4.78 is 15.8. The minimum absolute atomic E-state index is 0.233. The van der Waals surface area contributed by atoms with Gasteiger partial charge >= 0.3 is 0 Å². The predicted octanol–water partition coefficient (Wildman–Crippen LogP) is 2.64. The highest BCUT2D eigenvalue weighted by atomic mass is 19.1. The third-order valence-corrected chi connectivity index (χ3v) is 6.24. The van der Waals surface area contributed by atoms with Crippen molar-refractivity contribution < 1.29 is 4.39 Å². The second-order valence-electron chi connectivity index (χ2n) is 8.19. The monoisotopic (exact) mass is 407 g/mol. The van der Waals surface area contributed by atoms with E-state index in [4.69, 9.17) is 10.7 Å². The Hall–Kier alpha value is -2.84. The Morgan fingerprint density at radius 3 is 2.50 bits per heavy atom. The summed E-state index contributed by atoms with van der Waals surface area (Å²) in [4.78, 5) is 18.4. The Morgan fingerprint density at radius 1 is 1.00 bits per heavy atom. The van der Waals surface area contributed by atoms with Gasteiger partial charge in [0.25, 0.3) is 0 Å². The van der Waals surface area contributed by atoms with Gasteiger partial charge in [0, 0.05) is 30.9 Å². The molecule has 0 amide bonds. The van der Waals surface area contributed by atoms with Gasteiger partial charge in [-0.1, -0.05) is 0 Å². The fourth-order valence-corrected chi connectivity index (χ4v) is 4.60. The number of piperidine rings is 1. The van der Waals surface area contributed by atoms with E-state index in [1.54, 1.807) is 18.3 Å². The molecule has 0 aliphatic carbocycles. The number of nitrogens with zero attached hydrogens (tertiary/aromatic N) is 6. The molecule has 5 rings (SSSR count). The lowest BCUT2D eigenvalue weighted by Crippen LogP contribution is -2.46. The highest BCUT2D eigenvalue weighted by molar-refractivity contribution is 5.77. The van der Waals surface area contributed by atoms with Crippen LogP contribution >= 0.6 is 0 Å². The van der Waals surface area contributed by atoms with Crippen LogP contribution in [0.3, 0.4) is 0 Å². The predicted molar refractivity (Wildman–Crippen MR) is 114 cm³/mol. The molecule has 1 aromatic carbocycles. The van der Waals surface area contributed by atoms with E-state index in [0.717, 1.165) is 61.2 Å². The van der Waals surface area contributed by atoms with Crippen molar-refractivity contribution in [3.8, 4) is 22.6 Å². The lowest BCUT2D eigenvalue weighted by molar-refractivity contribution is 0.0953. The molecule has 2 aromatic heterocycles. The van der Waals surface area contributed by atoms with E-state index in [-0.39, 0.29) is 11.8 Å². The molecule has 3 aromatic rings. The van der Waals surface area contributed by atoms with Crippen LogP contribution in [0.2, 0.25) is 0 Å². The number of nitrogen functional groups attached to an aromatic ring is 1. The minimum atomic E-state index is -0.260. The maximum absolute atomic E-state index is 13.5. The summed E-state index contributed by atoms with van der Waals surface area (Å²) in [5.41, 5.74) is 9.22. The number of aromatic nitrogens is 4. The van der Waals surface area contributed by atoms with Gasteiger partial charge in [-0.15, -0.1) is 0 Å². The van der Waals surface area contributed by atoms with Crippen LogP contribution in [-0.2, 0) is 13.1 Å². The molecule has 1 fully saturated rings. The Balaban J connectivity index is 1.54. The summed E-state index contributed by atoms with van der Waals surface area (Å²) in [6, 6.07) is 8.93. The van der Waals surface area contributed by atoms with E-state index < -0.39 is 0 Å². The van der Waals surface area contributed by atoms with Crippen molar-refractivity contribution in [1.29, 1.82) is 0 Å². The molecule has 0 unspecified atom stereocenters. The average Bonchev–Trinajstić information content (AvgIpc) is 3.13. The van der Waals surface area contributed by atoms with Gasteiger partial charge in [-0.2, -0.15) is 0 Å². The first-order valence-electron chi connectivity index (χ1n) is 10.5. The van der Waals surface area contributed by atoms with Crippen LogP contribution < -0.4 is 5.73 Å². The second kappa shape index (κ2) is 7.77. The SMILES string of the molecule is CN1CCC(N2CCn3c(nc(-c4ccc(F)cc4)c3-c3ccnc(N)n3)C2)CC1. The maximum Gasteiger partial charge on any atom is 0.220 e. The van der Waals surface area contributed by atoms with Crippen molar-refractivity contribution in [2.24, 2.45) is 0 Å². The summed E-state index contributed by atoms with van der Waals surface area (Å²) >= 11 is 0. The Labute approximate surface area is 175 Å². The molecule has 7 nitrogen and oxygen atoms in total. The van der Waals surface area contributed by atoms with E-state index in [0.29, 0.717) is 6.04 Å². The number of fused-ring (bicyclic) bond motifs is 1. The first-order chi connectivity index (χ1) is 14.6. The van der Waals surface area contributed by atoms with Gasteiger partial charge in [0.15, 0.2) is 0 Å². The first kappa shape index (κ1) is 19.1. The van der Waals surface area contributed by atoms with E-state index in [1.807, 2.05) is 6.07 Å². The molecule has 0 radical (unpaired) electrons. The highest BCUT2D eigenvalue weighted by Gasteiger charge is 2.30. The molecular weight excluding hydrogens is 381 g/mol. The number of likely N-dealkylation sites (tertiary alicyclic amines) is 1. The van der Waals surface area contributed by atoms with Crippen LogP contribution in [0.1, 0.15) is 18.7 Å². The summed E-state index contributed by atoms with van der Waals surface area (Å²) in [5, 5.41) is 0. The average molecular weight is 407 g/mol. The first-order valence-corrected chi connectivity index (χ1v) is 10.5. The van der Waals surface area contributed by atoms with Gasteiger partial charge in [-0.25, -0.2) is 19.3 Å². The number of rotatable bonds is 3. The molecule has 8 heteroatoms. The van der Waals surface area contributed by atoms with Crippen molar-refractivity contribution >= 4 is 5.95 Å². The molecule has 2 aliphatic heterocycles. The molecule has 156 valence electrons. The Morgan fingerprint density at radius 2 is 1.77 bits per heavy atom. The summed E-state index contributed by atoms with van der Waals surface area (Å²) in [6.07, 6.45) is 4.05. The van der Waals surface area contributed by atoms with Crippen molar-refractivity contribution in [3.05, 3.63) is 48.2 Å². The lowest BCUT2D eigenvalue weighted by atomic mass is 10.0. The van der Waals surface area contributed by atoms with Gasteiger partial charge in [0.1, 0.15) is 11.6 Å². The lowest BCUT2D eigenvalue weighted by Gasteiger charge is -2.39. The molecule has 0 spiro atoms. The second-order valence-corrected chi connectivity index (χ2v) is 8.19. The maximum atomic E-state index is 13.5. The zero-order valence-electron chi connectivity index (χ0n) is 17.1. The van der Waals surface area contributed by atoms with Crippen LogP contribution in [-0.4, -0.2) is 62.0 Å². The third-order valence-electron chi connectivity index (χ3n) is 6.24. The van der Waals surface area contributed by atoms with Crippen molar-refractivity contribution in [1.82, 2.24) is 29.3 Å². The normalized spacial score (nSPS) is 18.5. The van der Waals surface area contributed by atoms with E-state index in [1.165, 1.54) is 25.0 Å². The van der Waals surface area contributed by atoms with Crippen molar-refractivity contribution in [2.45, 2.75) is 32.0 Å². The molecule has 2 aliphatic rings. The van der Waals surface area contributed by atoms with Gasteiger partial charge in [0.05, 0.1) is 23.6 Å². The summed E-state index contributed by atoms with van der Waals surface area (Å²) in [7, 11) is 2.19. The molecule has 0 saturated carbocycles. The third kappa shape index (κ3) is 3.57. The quantitative estimate of drug-likeness (QED) is 0.719. The number of anilines is 1. The number of halogens is 1. The fraction of sp³-hybridized carbons (Fsp3) is 0.409. The van der Waals surface area contributed by atoms with Crippen molar-refractivity contribution in [3.63, 3.8) is 0 Å². The van der Waals surface area contributed by atoms with Gasteiger partial charge < -0.3 is 15.2 Å². The minimum Gasteiger partial charge on any atom is -0.368 e. The van der Waals surface area contributed by atoms with Crippen LogP contribution in [0.4, 0.5) is 10.3 Å². The number of imidazole rings is 1. The van der Waals surface area contributed by atoms with E-state index in [2.05, 4.69) is 31.4 Å². The van der Waals surface area contributed by atoms with Gasteiger partial charge in [-0.05, 0) is 63.3 Å². The molecule has 0 atom stereocenters. The van der Waals surface area contributed by atoms with Crippen LogP contribution in [0.25, 0.3) is 22.6 Å². The van der Waals surface area contributed by atoms with Gasteiger partial charge in [-0.3, -0.25) is 4.90 Å². The zero-order chi connectivity index (χ0) is 20.7. The van der Waals surface area contributed by atoms with Crippen LogP contribution in [0, 0.1) is 5.82 Å². The molecule has 1 saturated heterocycles. The summed E-state index contributed by atoms with van der Waals surface area (Å²) in [6.45, 7) is 4.91. The molecule has 0 bridgehead atoms. The molecule has 30 heavy (non-hydrogen) atoms. The molecule has 4 heterocycles. The largest absolute Gasteiger partial charge is 0.368 e. The van der Waals surface area contributed by atoms with Crippen LogP contribution in [0.15, 0.2) is 36.5 Å². The fourth-order valence-electron chi connectivity index (χ4n) is 4.60. The standard InChI is InChI=1S/C22H26FN7/c1-28-10-7-17(8-11-28)29-12-13-30-19(14-29)27-20(15-2-4-16(23)5-3-15)21(30)18-6-9-25-22(24)26-18/h2-6,9,17H,7-8,10-14H2,1H3,(H2,24,25,26). The van der Waals surface area contributed by atoms with E-state index in [9.17, 15) is 4.39 Å². The molecular formula is C22H26FN7.